The van der Waals surface area contributed by atoms with Gasteiger partial charge in [-0.1, -0.05) is 13.8 Å². The van der Waals surface area contributed by atoms with Crippen LogP contribution in [0.5, 0.6) is 0 Å². The van der Waals surface area contributed by atoms with Crippen molar-refractivity contribution >= 4 is 10.0 Å². The third-order valence-corrected chi connectivity index (χ3v) is 3.34. The van der Waals surface area contributed by atoms with Gasteiger partial charge in [-0.25, -0.2) is 17.9 Å². The lowest BCUT2D eigenvalue weighted by molar-refractivity contribution is 0.590. The minimum absolute atomic E-state index is 0.0308. The fourth-order valence-corrected chi connectivity index (χ4v) is 2.55. The molecule has 84 valence electrons. The molecule has 2 N–H and O–H groups in total. The van der Waals surface area contributed by atoms with Crippen LogP contribution in [0.3, 0.4) is 0 Å². The molecule has 0 heterocycles. The second kappa shape index (κ2) is 4.28. The quantitative estimate of drug-likeness (QED) is 0.858. The summed E-state index contributed by atoms with van der Waals surface area (Å²) in [7, 11) is -3.76. The van der Waals surface area contributed by atoms with E-state index in [0.29, 0.717) is 24.0 Å². The third kappa shape index (κ3) is 2.35. The maximum absolute atomic E-state index is 13.4. The van der Waals surface area contributed by atoms with E-state index in [9.17, 15) is 12.8 Å². The molecule has 1 aromatic rings. The molecule has 0 bridgehead atoms. The lowest BCUT2D eigenvalue weighted by atomic mass is 10.0. The molecule has 0 fully saturated rings. The van der Waals surface area contributed by atoms with E-state index < -0.39 is 10.0 Å². The lowest BCUT2D eigenvalue weighted by Gasteiger charge is -2.11. The van der Waals surface area contributed by atoms with Crippen molar-refractivity contribution < 1.29 is 12.8 Å². The van der Waals surface area contributed by atoms with Crippen LogP contribution in [0.1, 0.15) is 25.0 Å². The van der Waals surface area contributed by atoms with E-state index in [1.54, 1.807) is 13.8 Å². The molecule has 0 aliphatic heterocycles. The zero-order valence-corrected chi connectivity index (χ0v) is 9.57. The zero-order chi connectivity index (χ0) is 11.6. The molecule has 0 aromatic heterocycles. The SMILES string of the molecule is CCc1c(F)ccc(S(N)(=O)=O)c1CC. The van der Waals surface area contributed by atoms with Gasteiger partial charge in [0, 0.05) is 0 Å². The van der Waals surface area contributed by atoms with E-state index >= 15 is 0 Å². The molecule has 3 nitrogen and oxygen atoms in total. The van der Waals surface area contributed by atoms with Crippen molar-refractivity contribution in [2.75, 3.05) is 0 Å². The highest BCUT2D eigenvalue weighted by Crippen LogP contribution is 2.22. The van der Waals surface area contributed by atoms with Gasteiger partial charge in [0.15, 0.2) is 0 Å². The monoisotopic (exact) mass is 231 g/mol. The Balaban J connectivity index is 3.57. The minimum Gasteiger partial charge on any atom is -0.225 e. The van der Waals surface area contributed by atoms with Crippen molar-refractivity contribution in [3.63, 3.8) is 0 Å². The average Bonchev–Trinajstić information content (AvgIpc) is 2.15. The summed E-state index contributed by atoms with van der Waals surface area (Å²) in [6.45, 7) is 3.56. The predicted molar refractivity (Wildman–Crippen MR) is 56.5 cm³/mol. The van der Waals surface area contributed by atoms with E-state index in [1.807, 2.05) is 0 Å². The van der Waals surface area contributed by atoms with Gasteiger partial charge in [0.25, 0.3) is 0 Å². The molecule has 0 amide bonds. The predicted octanol–water partition coefficient (Wildman–Crippen LogP) is 1.60. The number of nitrogens with two attached hydrogens (primary N) is 1. The molecule has 0 unspecified atom stereocenters. The Morgan fingerprint density at radius 1 is 1.20 bits per heavy atom. The molecule has 0 saturated heterocycles. The molecule has 5 heteroatoms. The highest BCUT2D eigenvalue weighted by Gasteiger charge is 2.17. The maximum atomic E-state index is 13.4. The fraction of sp³-hybridized carbons (Fsp3) is 0.400. The number of primary sulfonamides is 1. The highest BCUT2D eigenvalue weighted by molar-refractivity contribution is 7.89. The van der Waals surface area contributed by atoms with Gasteiger partial charge >= 0.3 is 0 Å². The minimum atomic E-state index is -3.76. The summed E-state index contributed by atoms with van der Waals surface area (Å²) in [5.41, 5.74) is 0.920. The Kier molecular flexibility index (Phi) is 3.46. The molecule has 1 aromatic carbocycles. The van der Waals surface area contributed by atoms with Gasteiger partial charge in [0.2, 0.25) is 10.0 Å². The topological polar surface area (TPSA) is 60.2 Å². The fourth-order valence-electron chi connectivity index (χ4n) is 1.68. The first-order valence-corrected chi connectivity index (χ1v) is 6.29. The first kappa shape index (κ1) is 12.1. The van der Waals surface area contributed by atoms with Crippen LogP contribution in [0.25, 0.3) is 0 Å². The molecule has 0 aliphatic rings. The second-order valence-electron chi connectivity index (χ2n) is 3.25. The van der Waals surface area contributed by atoms with Crippen molar-refractivity contribution in [1.29, 1.82) is 0 Å². The van der Waals surface area contributed by atoms with Crippen LogP contribution in [-0.2, 0) is 22.9 Å². The van der Waals surface area contributed by atoms with Crippen molar-refractivity contribution in [2.24, 2.45) is 5.14 Å². The van der Waals surface area contributed by atoms with Gasteiger partial charge in [-0.05, 0) is 36.1 Å². The summed E-state index contributed by atoms with van der Waals surface area (Å²) in [6.07, 6.45) is 0.908. The number of sulfonamides is 1. The second-order valence-corrected chi connectivity index (χ2v) is 4.78. The van der Waals surface area contributed by atoms with E-state index in [2.05, 4.69) is 0 Å². The Hall–Kier alpha value is -0.940. The third-order valence-electron chi connectivity index (χ3n) is 2.34. The molecular formula is C10H14FNO2S. The Morgan fingerprint density at radius 2 is 1.73 bits per heavy atom. The van der Waals surface area contributed by atoms with Crippen LogP contribution in [0.2, 0.25) is 0 Å². The number of hydrogen-bond acceptors (Lipinski definition) is 2. The van der Waals surface area contributed by atoms with Crippen LogP contribution in [0.15, 0.2) is 17.0 Å². The zero-order valence-electron chi connectivity index (χ0n) is 8.75. The van der Waals surface area contributed by atoms with E-state index in [-0.39, 0.29) is 10.7 Å². The van der Waals surface area contributed by atoms with Crippen LogP contribution in [0.4, 0.5) is 4.39 Å². The Bertz CT molecular complexity index is 469. The van der Waals surface area contributed by atoms with Crippen molar-refractivity contribution in [1.82, 2.24) is 0 Å². The van der Waals surface area contributed by atoms with Crippen molar-refractivity contribution in [3.8, 4) is 0 Å². The maximum Gasteiger partial charge on any atom is 0.238 e. The number of halogens is 1. The van der Waals surface area contributed by atoms with Crippen LogP contribution < -0.4 is 5.14 Å². The van der Waals surface area contributed by atoms with Crippen molar-refractivity contribution in [2.45, 2.75) is 31.6 Å². The van der Waals surface area contributed by atoms with Gasteiger partial charge in [-0.15, -0.1) is 0 Å². The number of benzene rings is 1. The van der Waals surface area contributed by atoms with Gasteiger partial charge in [0.05, 0.1) is 4.90 Å². The first-order chi connectivity index (χ1) is 6.91. The van der Waals surface area contributed by atoms with E-state index in [4.69, 9.17) is 5.14 Å². The molecular weight excluding hydrogens is 217 g/mol. The molecule has 0 aliphatic carbocycles. The normalized spacial score (nSPS) is 11.7. The smallest absolute Gasteiger partial charge is 0.225 e. The van der Waals surface area contributed by atoms with Crippen LogP contribution >= 0.6 is 0 Å². The molecule has 0 atom stereocenters. The molecule has 15 heavy (non-hydrogen) atoms. The summed E-state index contributed by atoms with van der Waals surface area (Å²) in [6, 6.07) is 2.38. The summed E-state index contributed by atoms with van der Waals surface area (Å²) in [5.74, 6) is -0.373. The summed E-state index contributed by atoms with van der Waals surface area (Å²) < 4.78 is 35.9. The Labute approximate surface area is 89.2 Å². The van der Waals surface area contributed by atoms with Gasteiger partial charge in [-0.2, -0.15) is 0 Å². The summed E-state index contributed by atoms with van der Waals surface area (Å²) in [5, 5.41) is 5.06. The molecule has 0 saturated carbocycles. The summed E-state index contributed by atoms with van der Waals surface area (Å²) in [4.78, 5) is 0.0308. The van der Waals surface area contributed by atoms with Gasteiger partial charge in [-0.3, -0.25) is 0 Å². The molecule has 0 spiro atoms. The molecule has 0 radical (unpaired) electrons. The van der Waals surface area contributed by atoms with Crippen LogP contribution in [-0.4, -0.2) is 8.42 Å². The van der Waals surface area contributed by atoms with Gasteiger partial charge < -0.3 is 0 Å². The van der Waals surface area contributed by atoms with Gasteiger partial charge in [0.1, 0.15) is 5.82 Å². The van der Waals surface area contributed by atoms with Crippen molar-refractivity contribution in [3.05, 3.63) is 29.1 Å². The largest absolute Gasteiger partial charge is 0.238 e. The number of rotatable bonds is 3. The standard InChI is InChI=1S/C10H14FNO2S/c1-3-7-8(4-2)10(15(12,13)14)6-5-9(7)11/h5-6H,3-4H2,1-2H3,(H2,12,13,14). The van der Waals surface area contributed by atoms with E-state index in [1.165, 1.54) is 6.07 Å². The average molecular weight is 231 g/mol. The summed E-state index contributed by atoms with van der Waals surface area (Å²) >= 11 is 0. The molecule has 1 rings (SSSR count). The van der Waals surface area contributed by atoms with Crippen LogP contribution in [0, 0.1) is 5.82 Å². The Morgan fingerprint density at radius 3 is 2.13 bits per heavy atom. The number of hydrogen-bond donors (Lipinski definition) is 1. The first-order valence-electron chi connectivity index (χ1n) is 4.74. The highest BCUT2D eigenvalue weighted by atomic mass is 32.2. The lowest BCUT2D eigenvalue weighted by Crippen LogP contribution is -2.16. The van der Waals surface area contributed by atoms with E-state index in [0.717, 1.165) is 6.07 Å².